The molecule has 0 aromatic heterocycles. The van der Waals surface area contributed by atoms with Crippen molar-refractivity contribution in [3.05, 3.63) is 71.5 Å². The van der Waals surface area contributed by atoms with E-state index in [2.05, 4.69) is 5.32 Å². The standard InChI is InChI=1S/C22H27FN2O2/c1-16(2)14-24-22(27)17(3)25(15-19-7-5-4-6-8-19)21(26)13-18-9-11-20(23)12-10-18/h4-12,16-17H,13-15H2,1-3H3,(H,24,27). The molecule has 1 N–H and O–H groups in total. The van der Waals surface area contributed by atoms with Gasteiger partial charge >= 0.3 is 0 Å². The molecule has 2 aromatic rings. The van der Waals surface area contributed by atoms with Crippen molar-refractivity contribution < 1.29 is 14.0 Å². The van der Waals surface area contributed by atoms with Crippen LogP contribution in [0.1, 0.15) is 31.9 Å². The third-order valence-corrected chi connectivity index (χ3v) is 4.32. The molecule has 1 atom stereocenters. The topological polar surface area (TPSA) is 49.4 Å². The maximum Gasteiger partial charge on any atom is 0.242 e. The lowest BCUT2D eigenvalue weighted by Crippen LogP contribution is -2.48. The molecule has 0 saturated carbocycles. The van der Waals surface area contributed by atoms with Crippen molar-refractivity contribution in [1.29, 1.82) is 0 Å². The molecule has 2 aromatic carbocycles. The minimum Gasteiger partial charge on any atom is -0.354 e. The number of rotatable bonds is 8. The zero-order valence-electron chi connectivity index (χ0n) is 16.1. The second kappa shape index (κ2) is 9.86. The lowest BCUT2D eigenvalue weighted by atomic mass is 10.1. The van der Waals surface area contributed by atoms with Gasteiger partial charge in [0.2, 0.25) is 11.8 Å². The summed E-state index contributed by atoms with van der Waals surface area (Å²) in [4.78, 5) is 27.0. The Labute approximate surface area is 160 Å². The molecule has 5 heteroatoms. The highest BCUT2D eigenvalue weighted by Gasteiger charge is 2.26. The van der Waals surface area contributed by atoms with E-state index in [1.165, 1.54) is 12.1 Å². The fourth-order valence-corrected chi connectivity index (χ4v) is 2.69. The number of carbonyl (C=O) groups excluding carboxylic acids is 2. The maximum atomic E-state index is 13.1. The number of halogens is 1. The van der Waals surface area contributed by atoms with Crippen molar-refractivity contribution in [2.24, 2.45) is 5.92 Å². The molecule has 0 fully saturated rings. The van der Waals surface area contributed by atoms with Gasteiger partial charge in [-0.05, 0) is 36.1 Å². The zero-order chi connectivity index (χ0) is 19.8. The van der Waals surface area contributed by atoms with Crippen LogP contribution in [0.2, 0.25) is 0 Å². The molecule has 0 heterocycles. The molecule has 0 aliphatic heterocycles. The highest BCUT2D eigenvalue weighted by atomic mass is 19.1. The van der Waals surface area contributed by atoms with Crippen molar-refractivity contribution >= 4 is 11.8 Å². The molecule has 2 amide bonds. The van der Waals surface area contributed by atoms with E-state index in [-0.39, 0.29) is 24.1 Å². The van der Waals surface area contributed by atoms with Crippen molar-refractivity contribution in [2.75, 3.05) is 6.54 Å². The van der Waals surface area contributed by atoms with Crippen LogP contribution in [-0.2, 0) is 22.6 Å². The quantitative estimate of drug-likeness (QED) is 0.772. The largest absolute Gasteiger partial charge is 0.354 e. The second-order valence-electron chi connectivity index (χ2n) is 7.13. The first-order valence-corrected chi connectivity index (χ1v) is 9.22. The van der Waals surface area contributed by atoms with Crippen molar-refractivity contribution in [1.82, 2.24) is 10.2 Å². The van der Waals surface area contributed by atoms with E-state index in [0.717, 1.165) is 5.56 Å². The smallest absolute Gasteiger partial charge is 0.242 e. The number of nitrogens with one attached hydrogen (secondary N) is 1. The Balaban J connectivity index is 2.15. The first-order chi connectivity index (χ1) is 12.9. The van der Waals surface area contributed by atoms with Gasteiger partial charge in [-0.3, -0.25) is 9.59 Å². The van der Waals surface area contributed by atoms with Gasteiger partial charge in [-0.25, -0.2) is 4.39 Å². The van der Waals surface area contributed by atoms with Crippen LogP contribution in [0.25, 0.3) is 0 Å². The molecule has 0 saturated heterocycles. The summed E-state index contributed by atoms with van der Waals surface area (Å²) in [6.07, 6.45) is 0.120. The highest BCUT2D eigenvalue weighted by Crippen LogP contribution is 2.13. The first-order valence-electron chi connectivity index (χ1n) is 9.22. The van der Waals surface area contributed by atoms with Gasteiger partial charge in [-0.2, -0.15) is 0 Å². The minimum absolute atomic E-state index is 0.120. The number of carbonyl (C=O) groups is 2. The van der Waals surface area contributed by atoms with Crippen LogP contribution in [0, 0.1) is 11.7 Å². The predicted molar refractivity (Wildman–Crippen MR) is 104 cm³/mol. The fourth-order valence-electron chi connectivity index (χ4n) is 2.69. The van der Waals surface area contributed by atoms with Crippen molar-refractivity contribution in [2.45, 2.75) is 39.8 Å². The number of hydrogen-bond acceptors (Lipinski definition) is 2. The molecule has 0 spiro atoms. The molecule has 0 aliphatic rings. The molecule has 27 heavy (non-hydrogen) atoms. The fraction of sp³-hybridized carbons (Fsp3) is 0.364. The Morgan fingerprint density at radius 3 is 2.19 bits per heavy atom. The van der Waals surface area contributed by atoms with Gasteiger partial charge in [0.05, 0.1) is 6.42 Å². The molecular formula is C22H27FN2O2. The van der Waals surface area contributed by atoms with Crippen LogP contribution in [0.4, 0.5) is 4.39 Å². The van der Waals surface area contributed by atoms with Crippen LogP contribution in [-0.4, -0.2) is 29.3 Å². The molecule has 2 rings (SSSR count). The Kier molecular flexibility index (Phi) is 7.53. The number of benzene rings is 2. The summed E-state index contributed by atoms with van der Waals surface area (Å²) in [5.74, 6) is -0.350. The summed E-state index contributed by atoms with van der Waals surface area (Å²) in [6.45, 7) is 6.69. The van der Waals surface area contributed by atoms with Crippen LogP contribution < -0.4 is 5.32 Å². The molecule has 0 aliphatic carbocycles. The maximum absolute atomic E-state index is 13.1. The van der Waals surface area contributed by atoms with Gasteiger partial charge in [0.25, 0.3) is 0 Å². The van der Waals surface area contributed by atoms with Crippen LogP contribution in [0.3, 0.4) is 0 Å². The van der Waals surface area contributed by atoms with Gasteiger partial charge in [0.15, 0.2) is 0 Å². The minimum atomic E-state index is -0.600. The van der Waals surface area contributed by atoms with Gasteiger partial charge in [-0.15, -0.1) is 0 Å². The van der Waals surface area contributed by atoms with E-state index in [0.29, 0.717) is 24.6 Å². The van der Waals surface area contributed by atoms with Crippen LogP contribution >= 0.6 is 0 Å². The van der Waals surface area contributed by atoms with E-state index in [9.17, 15) is 14.0 Å². The predicted octanol–water partition coefficient (Wildman–Crippen LogP) is 3.56. The second-order valence-corrected chi connectivity index (χ2v) is 7.13. The van der Waals surface area contributed by atoms with E-state index in [4.69, 9.17) is 0 Å². The third kappa shape index (κ3) is 6.51. The third-order valence-electron chi connectivity index (χ3n) is 4.32. The molecule has 0 bridgehead atoms. The molecule has 4 nitrogen and oxygen atoms in total. The van der Waals surface area contributed by atoms with Gasteiger partial charge < -0.3 is 10.2 Å². The SMILES string of the molecule is CC(C)CNC(=O)C(C)N(Cc1ccccc1)C(=O)Cc1ccc(F)cc1. The summed E-state index contributed by atoms with van der Waals surface area (Å²) in [6, 6.07) is 14.8. The molecule has 1 unspecified atom stereocenters. The molecular weight excluding hydrogens is 343 g/mol. The highest BCUT2D eigenvalue weighted by molar-refractivity contribution is 5.88. The monoisotopic (exact) mass is 370 g/mol. The zero-order valence-corrected chi connectivity index (χ0v) is 16.1. The van der Waals surface area contributed by atoms with Crippen LogP contribution in [0.5, 0.6) is 0 Å². The summed E-state index contributed by atoms with van der Waals surface area (Å²) in [5, 5.41) is 2.89. The summed E-state index contributed by atoms with van der Waals surface area (Å²) in [5.41, 5.74) is 1.67. The first kappa shape index (κ1) is 20.6. The lowest BCUT2D eigenvalue weighted by Gasteiger charge is -2.29. The number of hydrogen-bond donors (Lipinski definition) is 1. The van der Waals surface area contributed by atoms with Gasteiger partial charge in [0, 0.05) is 13.1 Å². The van der Waals surface area contributed by atoms with Crippen LogP contribution in [0.15, 0.2) is 54.6 Å². The van der Waals surface area contributed by atoms with E-state index in [1.807, 2.05) is 44.2 Å². The van der Waals surface area contributed by atoms with Crippen molar-refractivity contribution in [3.8, 4) is 0 Å². The van der Waals surface area contributed by atoms with Gasteiger partial charge in [-0.1, -0.05) is 56.3 Å². The van der Waals surface area contributed by atoms with Gasteiger partial charge in [0.1, 0.15) is 11.9 Å². The molecule has 144 valence electrons. The average molecular weight is 370 g/mol. The Morgan fingerprint density at radius 2 is 1.59 bits per heavy atom. The normalized spacial score (nSPS) is 11.9. The Bertz CT molecular complexity index is 745. The summed E-state index contributed by atoms with van der Waals surface area (Å²) >= 11 is 0. The lowest BCUT2D eigenvalue weighted by molar-refractivity contribution is -0.140. The number of nitrogens with zero attached hydrogens (tertiary/aromatic N) is 1. The summed E-state index contributed by atoms with van der Waals surface area (Å²) < 4.78 is 13.1. The van der Waals surface area contributed by atoms with E-state index < -0.39 is 6.04 Å². The Morgan fingerprint density at radius 1 is 0.963 bits per heavy atom. The van der Waals surface area contributed by atoms with Crippen molar-refractivity contribution in [3.63, 3.8) is 0 Å². The molecule has 0 radical (unpaired) electrons. The Hall–Kier alpha value is -2.69. The van der Waals surface area contributed by atoms with E-state index >= 15 is 0 Å². The van der Waals surface area contributed by atoms with E-state index in [1.54, 1.807) is 24.0 Å². The summed E-state index contributed by atoms with van der Waals surface area (Å²) in [7, 11) is 0. The number of amides is 2. The average Bonchev–Trinajstić information content (AvgIpc) is 2.66.